The van der Waals surface area contributed by atoms with Gasteiger partial charge in [-0.3, -0.25) is 4.79 Å². The molecule has 1 aromatic carbocycles. The van der Waals surface area contributed by atoms with Gasteiger partial charge >= 0.3 is 0 Å². The maximum absolute atomic E-state index is 12.2. The zero-order chi connectivity index (χ0) is 15.5. The quantitative estimate of drug-likeness (QED) is 0.867. The maximum atomic E-state index is 12.2. The zero-order valence-electron chi connectivity index (χ0n) is 12.5. The Kier molecular flexibility index (Phi) is 4.32. The molecule has 7 nitrogen and oxygen atoms in total. The van der Waals surface area contributed by atoms with Crippen LogP contribution in [-0.4, -0.2) is 31.7 Å². The van der Waals surface area contributed by atoms with Gasteiger partial charge in [-0.05, 0) is 54.5 Å². The van der Waals surface area contributed by atoms with Crippen molar-refractivity contribution >= 4 is 11.6 Å². The number of benzene rings is 1. The SMILES string of the molecule is CCCC(C)(N)C(=O)Nc1ccc(-n2cnnn2)c(C)c1. The number of anilines is 1. The number of hydrogen-bond acceptors (Lipinski definition) is 5. The normalized spacial score (nSPS) is 13.7. The van der Waals surface area contributed by atoms with Crippen molar-refractivity contribution in [1.82, 2.24) is 20.2 Å². The Balaban J connectivity index is 2.16. The lowest BCUT2D eigenvalue weighted by atomic mass is 9.96. The Morgan fingerprint density at radius 3 is 2.81 bits per heavy atom. The Bertz CT molecular complexity index is 620. The average Bonchev–Trinajstić information content (AvgIpc) is 2.92. The molecule has 1 amide bonds. The van der Waals surface area contributed by atoms with Gasteiger partial charge in [0.15, 0.2) is 0 Å². The van der Waals surface area contributed by atoms with Gasteiger partial charge in [-0.2, -0.15) is 0 Å². The predicted octanol–water partition coefficient (Wildman–Crippen LogP) is 1.43. The third-order valence-corrected chi connectivity index (χ3v) is 3.34. The summed E-state index contributed by atoms with van der Waals surface area (Å²) in [5.41, 5.74) is 7.68. The number of aromatic nitrogens is 4. The van der Waals surface area contributed by atoms with Gasteiger partial charge in [-0.25, -0.2) is 4.68 Å². The second-order valence-corrected chi connectivity index (χ2v) is 5.38. The number of rotatable bonds is 5. The molecule has 1 aromatic heterocycles. The molecule has 0 saturated carbocycles. The number of carbonyl (C=O) groups is 1. The first-order valence-electron chi connectivity index (χ1n) is 6.88. The fourth-order valence-corrected chi connectivity index (χ4v) is 2.17. The van der Waals surface area contributed by atoms with E-state index >= 15 is 0 Å². The van der Waals surface area contributed by atoms with Crippen molar-refractivity contribution in [3.8, 4) is 5.69 Å². The van der Waals surface area contributed by atoms with Gasteiger partial charge in [0.25, 0.3) is 0 Å². The summed E-state index contributed by atoms with van der Waals surface area (Å²) in [7, 11) is 0. The standard InChI is InChI=1S/C14H20N6O/c1-4-7-14(3,15)13(21)17-11-5-6-12(10(2)8-11)20-9-16-18-19-20/h5-6,8-9H,4,7,15H2,1-3H3,(H,17,21). The summed E-state index contributed by atoms with van der Waals surface area (Å²) in [6.45, 7) is 5.68. The first kappa shape index (κ1) is 15.1. The Morgan fingerprint density at radius 1 is 1.48 bits per heavy atom. The second kappa shape index (κ2) is 6.01. The second-order valence-electron chi connectivity index (χ2n) is 5.38. The van der Waals surface area contributed by atoms with Crippen LogP contribution in [-0.2, 0) is 4.79 Å². The third-order valence-electron chi connectivity index (χ3n) is 3.34. The number of amides is 1. The zero-order valence-corrected chi connectivity index (χ0v) is 12.5. The minimum absolute atomic E-state index is 0.182. The molecular formula is C14H20N6O. The molecule has 2 rings (SSSR count). The number of carbonyl (C=O) groups excluding carboxylic acids is 1. The number of hydrogen-bond donors (Lipinski definition) is 2. The number of nitrogens with one attached hydrogen (secondary N) is 1. The van der Waals surface area contributed by atoms with Crippen molar-refractivity contribution in [1.29, 1.82) is 0 Å². The molecule has 3 N–H and O–H groups in total. The minimum atomic E-state index is -0.864. The predicted molar refractivity (Wildman–Crippen MR) is 80.0 cm³/mol. The lowest BCUT2D eigenvalue weighted by molar-refractivity contribution is -0.120. The fraction of sp³-hybridized carbons (Fsp3) is 0.429. The molecule has 112 valence electrons. The molecule has 0 aliphatic carbocycles. The van der Waals surface area contributed by atoms with Crippen LogP contribution in [0.4, 0.5) is 5.69 Å². The molecule has 0 bridgehead atoms. The van der Waals surface area contributed by atoms with E-state index in [1.807, 2.05) is 32.0 Å². The molecule has 21 heavy (non-hydrogen) atoms. The van der Waals surface area contributed by atoms with Crippen LogP contribution in [0.2, 0.25) is 0 Å². The monoisotopic (exact) mass is 288 g/mol. The Labute approximate surface area is 123 Å². The van der Waals surface area contributed by atoms with Gasteiger partial charge in [-0.1, -0.05) is 13.3 Å². The van der Waals surface area contributed by atoms with Crippen LogP contribution >= 0.6 is 0 Å². The van der Waals surface area contributed by atoms with E-state index in [1.165, 1.54) is 6.33 Å². The molecule has 1 atom stereocenters. The maximum Gasteiger partial charge on any atom is 0.244 e. The van der Waals surface area contributed by atoms with Gasteiger partial charge in [0.1, 0.15) is 6.33 Å². The van der Waals surface area contributed by atoms with Crippen molar-refractivity contribution in [3.63, 3.8) is 0 Å². The number of aryl methyl sites for hydroxylation is 1. The molecule has 1 unspecified atom stereocenters. The molecule has 0 aliphatic rings. The van der Waals surface area contributed by atoms with E-state index in [-0.39, 0.29) is 5.91 Å². The third kappa shape index (κ3) is 3.43. The first-order valence-corrected chi connectivity index (χ1v) is 6.88. The lowest BCUT2D eigenvalue weighted by Gasteiger charge is -2.23. The molecule has 0 radical (unpaired) electrons. The molecule has 0 spiro atoms. The summed E-state index contributed by atoms with van der Waals surface area (Å²) in [5.74, 6) is -0.182. The van der Waals surface area contributed by atoms with Crippen molar-refractivity contribution in [2.24, 2.45) is 5.73 Å². The summed E-state index contributed by atoms with van der Waals surface area (Å²) < 4.78 is 1.57. The topological polar surface area (TPSA) is 98.7 Å². The fourth-order valence-electron chi connectivity index (χ4n) is 2.17. The van der Waals surface area contributed by atoms with Crippen LogP contribution in [0.5, 0.6) is 0 Å². The summed E-state index contributed by atoms with van der Waals surface area (Å²) >= 11 is 0. The van der Waals surface area contributed by atoms with Crippen LogP contribution in [0.15, 0.2) is 24.5 Å². The summed E-state index contributed by atoms with van der Waals surface area (Å²) in [6, 6.07) is 5.54. The molecule has 7 heteroatoms. The number of nitrogens with zero attached hydrogens (tertiary/aromatic N) is 4. The lowest BCUT2D eigenvalue weighted by Crippen LogP contribution is -2.48. The van der Waals surface area contributed by atoms with E-state index in [9.17, 15) is 4.79 Å². The number of nitrogens with two attached hydrogens (primary N) is 1. The van der Waals surface area contributed by atoms with Crippen molar-refractivity contribution in [2.45, 2.75) is 39.2 Å². The molecule has 0 fully saturated rings. The van der Waals surface area contributed by atoms with Gasteiger partial charge in [-0.15, -0.1) is 5.10 Å². The van der Waals surface area contributed by atoms with E-state index in [0.29, 0.717) is 12.1 Å². The van der Waals surface area contributed by atoms with Crippen LogP contribution in [0.25, 0.3) is 5.69 Å². The van der Waals surface area contributed by atoms with Crippen LogP contribution in [0, 0.1) is 6.92 Å². The van der Waals surface area contributed by atoms with E-state index in [4.69, 9.17) is 5.73 Å². The highest BCUT2D eigenvalue weighted by atomic mass is 16.2. The smallest absolute Gasteiger partial charge is 0.244 e. The van der Waals surface area contributed by atoms with E-state index in [0.717, 1.165) is 17.7 Å². The van der Waals surface area contributed by atoms with Gasteiger partial charge in [0.05, 0.1) is 11.2 Å². The highest BCUT2D eigenvalue weighted by Gasteiger charge is 2.27. The van der Waals surface area contributed by atoms with Gasteiger partial charge in [0, 0.05) is 5.69 Å². The minimum Gasteiger partial charge on any atom is -0.324 e. The largest absolute Gasteiger partial charge is 0.324 e. The molecular weight excluding hydrogens is 268 g/mol. The summed E-state index contributed by atoms with van der Waals surface area (Å²) in [6.07, 6.45) is 3.02. The molecule has 0 saturated heterocycles. The Hall–Kier alpha value is -2.28. The van der Waals surface area contributed by atoms with E-state index in [1.54, 1.807) is 11.6 Å². The van der Waals surface area contributed by atoms with E-state index < -0.39 is 5.54 Å². The average molecular weight is 288 g/mol. The van der Waals surface area contributed by atoms with Crippen molar-refractivity contribution in [2.75, 3.05) is 5.32 Å². The highest BCUT2D eigenvalue weighted by Crippen LogP contribution is 2.19. The van der Waals surface area contributed by atoms with Crippen LogP contribution < -0.4 is 11.1 Å². The van der Waals surface area contributed by atoms with Crippen LogP contribution in [0.3, 0.4) is 0 Å². The first-order chi connectivity index (χ1) is 9.94. The van der Waals surface area contributed by atoms with Gasteiger partial charge < -0.3 is 11.1 Å². The van der Waals surface area contributed by atoms with E-state index in [2.05, 4.69) is 20.8 Å². The Morgan fingerprint density at radius 2 is 2.24 bits per heavy atom. The summed E-state index contributed by atoms with van der Waals surface area (Å²) in [4.78, 5) is 12.2. The van der Waals surface area contributed by atoms with Crippen molar-refractivity contribution < 1.29 is 4.79 Å². The number of tetrazole rings is 1. The highest BCUT2D eigenvalue weighted by molar-refractivity contribution is 5.97. The molecule has 2 aromatic rings. The molecule has 1 heterocycles. The summed E-state index contributed by atoms with van der Waals surface area (Å²) in [5, 5.41) is 13.9. The van der Waals surface area contributed by atoms with Crippen LogP contribution in [0.1, 0.15) is 32.3 Å². The van der Waals surface area contributed by atoms with Crippen molar-refractivity contribution in [3.05, 3.63) is 30.1 Å². The molecule has 0 aliphatic heterocycles. The van der Waals surface area contributed by atoms with Gasteiger partial charge in [0.2, 0.25) is 5.91 Å².